The molecule has 5 nitrogen and oxygen atoms in total. The Morgan fingerprint density at radius 1 is 1.14 bits per heavy atom. The number of benzene rings is 2. The molecule has 0 bridgehead atoms. The number of carbonyl (C=O) groups excluding carboxylic acids is 2. The molecule has 0 aliphatic heterocycles. The van der Waals surface area contributed by atoms with Gasteiger partial charge in [0.05, 0.1) is 0 Å². The molecule has 0 saturated heterocycles. The van der Waals surface area contributed by atoms with E-state index in [4.69, 9.17) is 0 Å². The van der Waals surface area contributed by atoms with Gasteiger partial charge in [-0.25, -0.2) is 0 Å². The molecular formula is C23H25N3O2. The second-order valence-electron chi connectivity index (χ2n) is 7.75. The summed E-state index contributed by atoms with van der Waals surface area (Å²) in [5.74, 6) is 0.508. The molecule has 0 fully saturated rings. The molecule has 1 aliphatic rings. The number of aromatic amines is 1. The predicted molar refractivity (Wildman–Crippen MR) is 111 cm³/mol. The third kappa shape index (κ3) is 3.79. The molecule has 1 unspecified atom stereocenters. The van der Waals surface area contributed by atoms with Crippen molar-refractivity contribution < 1.29 is 9.59 Å². The number of aromatic nitrogens is 1. The Morgan fingerprint density at radius 3 is 2.68 bits per heavy atom. The molecule has 3 aromatic rings. The highest BCUT2D eigenvalue weighted by atomic mass is 16.2. The number of carbonyl (C=O) groups is 2. The van der Waals surface area contributed by atoms with Crippen LogP contribution in [-0.4, -0.2) is 16.8 Å². The highest BCUT2D eigenvalue weighted by Gasteiger charge is 2.20. The monoisotopic (exact) mass is 375 g/mol. The van der Waals surface area contributed by atoms with Gasteiger partial charge in [-0.1, -0.05) is 19.1 Å². The molecule has 0 spiro atoms. The van der Waals surface area contributed by atoms with Crippen LogP contribution in [-0.2, 0) is 24.2 Å². The van der Waals surface area contributed by atoms with Gasteiger partial charge in [0.2, 0.25) is 5.91 Å². The molecule has 2 amide bonds. The van der Waals surface area contributed by atoms with Crippen molar-refractivity contribution in [3.63, 3.8) is 0 Å². The molecule has 1 aliphatic carbocycles. The minimum Gasteiger partial charge on any atom is -0.358 e. The van der Waals surface area contributed by atoms with Crippen molar-refractivity contribution in [3.8, 4) is 0 Å². The Bertz CT molecular complexity index is 1030. The molecule has 2 aromatic carbocycles. The van der Waals surface area contributed by atoms with E-state index in [-0.39, 0.29) is 11.8 Å². The molecule has 5 heteroatoms. The average molecular weight is 375 g/mol. The third-order valence-corrected chi connectivity index (χ3v) is 5.42. The van der Waals surface area contributed by atoms with E-state index in [9.17, 15) is 9.59 Å². The average Bonchev–Trinajstić information content (AvgIpc) is 3.04. The van der Waals surface area contributed by atoms with Crippen LogP contribution in [0.25, 0.3) is 10.9 Å². The fourth-order valence-corrected chi connectivity index (χ4v) is 3.93. The lowest BCUT2D eigenvalue weighted by Gasteiger charge is -2.18. The number of H-pyrrole nitrogens is 1. The van der Waals surface area contributed by atoms with Gasteiger partial charge in [-0.15, -0.1) is 0 Å². The van der Waals surface area contributed by atoms with Crippen LogP contribution >= 0.6 is 0 Å². The maximum Gasteiger partial charge on any atom is 0.251 e. The van der Waals surface area contributed by atoms with Crippen LogP contribution in [0.3, 0.4) is 0 Å². The Balaban J connectivity index is 1.46. The zero-order valence-corrected chi connectivity index (χ0v) is 16.3. The first kappa shape index (κ1) is 18.3. The van der Waals surface area contributed by atoms with Crippen LogP contribution in [0.4, 0.5) is 5.69 Å². The maximum atomic E-state index is 12.7. The zero-order chi connectivity index (χ0) is 19.7. The molecule has 28 heavy (non-hydrogen) atoms. The third-order valence-electron chi connectivity index (χ3n) is 5.42. The topological polar surface area (TPSA) is 74.0 Å². The molecule has 1 atom stereocenters. The molecule has 1 aromatic heterocycles. The Kier molecular flexibility index (Phi) is 4.90. The van der Waals surface area contributed by atoms with E-state index in [1.807, 2.05) is 42.5 Å². The quantitative estimate of drug-likeness (QED) is 0.640. The molecule has 0 saturated carbocycles. The minimum atomic E-state index is -0.0993. The second-order valence-corrected chi connectivity index (χ2v) is 7.75. The van der Waals surface area contributed by atoms with Crippen molar-refractivity contribution in [1.82, 2.24) is 10.3 Å². The van der Waals surface area contributed by atoms with E-state index in [1.54, 1.807) is 0 Å². The van der Waals surface area contributed by atoms with Crippen LogP contribution in [0.2, 0.25) is 0 Å². The Labute approximate surface area is 164 Å². The van der Waals surface area contributed by atoms with Crippen LogP contribution in [0.5, 0.6) is 0 Å². The van der Waals surface area contributed by atoms with Gasteiger partial charge >= 0.3 is 0 Å². The van der Waals surface area contributed by atoms with Gasteiger partial charge in [0.25, 0.3) is 5.91 Å². The van der Waals surface area contributed by atoms with Crippen LogP contribution in [0.1, 0.15) is 47.4 Å². The predicted octanol–water partition coefficient (Wildman–Crippen LogP) is 4.18. The highest BCUT2D eigenvalue weighted by Crippen LogP contribution is 2.32. The van der Waals surface area contributed by atoms with Crippen molar-refractivity contribution in [2.75, 3.05) is 5.32 Å². The Hall–Kier alpha value is -3.08. The van der Waals surface area contributed by atoms with Crippen molar-refractivity contribution in [2.45, 2.75) is 39.7 Å². The molecular weight excluding hydrogens is 350 g/mol. The fourth-order valence-electron chi connectivity index (χ4n) is 3.93. The van der Waals surface area contributed by atoms with Gasteiger partial charge in [-0.2, -0.15) is 0 Å². The maximum absolute atomic E-state index is 12.7. The lowest BCUT2D eigenvalue weighted by molar-refractivity contribution is -0.114. The smallest absolute Gasteiger partial charge is 0.251 e. The lowest BCUT2D eigenvalue weighted by Crippen LogP contribution is -2.22. The first-order valence-corrected chi connectivity index (χ1v) is 9.78. The van der Waals surface area contributed by atoms with E-state index >= 15 is 0 Å². The number of anilines is 1. The molecule has 0 radical (unpaired) electrons. The summed E-state index contributed by atoms with van der Waals surface area (Å²) in [5.41, 5.74) is 6.23. The summed E-state index contributed by atoms with van der Waals surface area (Å²) in [4.78, 5) is 27.2. The Morgan fingerprint density at radius 2 is 1.93 bits per heavy atom. The summed E-state index contributed by atoms with van der Waals surface area (Å²) < 4.78 is 0. The van der Waals surface area contributed by atoms with Gasteiger partial charge in [-0.05, 0) is 66.6 Å². The number of rotatable bonds is 4. The lowest BCUT2D eigenvalue weighted by atomic mass is 9.87. The van der Waals surface area contributed by atoms with Crippen molar-refractivity contribution in [3.05, 3.63) is 64.8 Å². The van der Waals surface area contributed by atoms with Crippen LogP contribution in [0.15, 0.2) is 42.5 Å². The normalized spacial score (nSPS) is 15.9. The summed E-state index contributed by atoms with van der Waals surface area (Å²) in [5, 5.41) is 6.90. The number of hydrogen-bond donors (Lipinski definition) is 3. The summed E-state index contributed by atoms with van der Waals surface area (Å²) in [6, 6.07) is 13.4. The standard InChI is InChI=1S/C23H25N3O2/c1-14-3-9-21-19(11-14)20-12-17(6-10-22(20)26-21)23(28)24-13-16-4-7-18(8-5-16)25-15(2)27/h4-8,10,12,14,26H,3,9,11,13H2,1-2H3,(H,24,28)(H,25,27). The van der Waals surface area contributed by atoms with Crippen molar-refractivity contribution >= 4 is 28.4 Å². The van der Waals surface area contributed by atoms with Crippen LogP contribution < -0.4 is 10.6 Å². The van der Waals surface area contributed by atoms with E-state index in [1.165, 1.54) is 30.0 Å². The molecule has 144 valence electrons. The number of nitrogens with one attached hydrogen (secondary N) is 3. The fraction of sp³-hybridized carbons (Fsp3) is 0.304. The van der Waals surface area contributed by atoms with Gasteiger partial charge in [-0.3, -0.25) is 9.59 Å². The number of fused-ring (bicyclic) bond motifs is 3. The van der Waals surface area contributed by atoms with E-state index in [0.29, 0.717) is 18.0 Å². The SMILES string of the molecule is CC(=O)Nc1ccc(CNC(=O)c2ccc3[nH]c4c(c3c2)CC(C)CC4)cc1. The van der Waals surface area contributed by atoms with Gasteiger partial charge in [0.1, 0.15) is 0 Å². The minimum absolute atomic E-state index is 0.0772. The van der Waals surface area contributed by atoms with Gasteiger partial charge < -0.3 is 15.6 Å². The summed E-state index contributed by atoms with van der Waals surface area (Å²) in [6.45, 7) is 4.21. The van der Waals surface area contributed by atoms with E-state index in [0.717, 1.165) is 29.6 Å². The zero-order valence-electron chi connectivity index (χ0n) is 16.3. The summed E-state index contributed by atoms with van der Waals surface area (Å²) in [6.07, 6.45) is 3.37. The first-order valence-electron chi connectivity index (χ1n) is 9.78. The second kappa shape index (κ2) is 7.50. The number of hydrogen-bond acceptors (Lipinski definition) is 2. The van der Waals surface area contributed by atoms with Gasteiger partial charge in [0.15, 0.2) is 0 Å². The first-order chi connectivity index (χ1) is 13.5. The number of aryl methyl sites for hydroxylation is 1. The summed E-state index contributed by atoms with van der Waals surface area (Å²) in [7, 11) is 0. The number of amides is 2. The van der Waals surface area contributed by atoms with Crippen LogP contribution in [0, 0.1) is 5.92 Å². The van der Waals surface area contributed by atoms with Crippen molar-refractivity contribution in [1.29, 1.82) is 0 Å². The molecule has 1 heterocycles. The molecule has 4 rings (SSSR count). The largest absolute Gasteiger partial charge is 0.358 e. The van der Waals surface area contributed by atoms with E-state index in [2.05, 4.69) is 22.5 Å². The highest BCUT2D eigenvalue weighted by molar-refractivity contribution is 5.99. The van der Waals surface area contributed by atoms with E-state index < -0.39 is 0 Å². The van der Waals surface area contributed by atoms with Crippen molar-refractivity contribution in [2.24, 2.45) is 5.92 Å². The molecule has 3 N–H and O–H groups in total. The summed E-state index contributed by atoms with van der Waals surface area (Å²) >= 11 is 0. The van der Waals surface area contributed by atoms with Gasteiger partial charge in [0, 0.05) is 41.3 Å².